The fourth-order valence-electron chi connectivity index (χ4n) is 3.30. The van der Waals surface area contributed by atoms with Gasteiger partial charge in [0.25, 0.3) is 5.56 Å². The van der Waals surface area contributed by atoms with E-state index < -0.39 is 11.5 Å². The molecule has 10 heteroatoms. The zero-order valence-electron chi connectivity index (χ0n) is 15.9. The first kappa shape index (κ1) is 18.8. The van der Waals surface area contributed by atoms with Gasteiger partial charge in [0, 0.05) is 11.8 Å². The van der Waals surface area contributed by atoms with E-state index in [1.54, 1.807) is 19.1 Å². The topological polar surface area (TPSA) is 125 Å². The summed E-state index contributed by atoms with van der Waals surface area (Å²) in [6.45, 7) is 1.85. The number of esters is 1. The van der Waals surface area contributed by atoms with Crippen molar-refractivity contribution < 1.29 is 14.3 Å². The van der Waals surface area contributed by atoms with Gasteiger partial charge in [-0.15, -0.1) is 5.10 Å². The van der Waals surface area contributed by atoms with Crippen molar-refractivity contribution in [3.05, 3.63) is 46.6 Å². The zero-order chi connectivity index (χ0) is 20.2. The Kier molecular flexibility index (Phi) is 5.32. The number of aromatic amines is 1. The van der Waals surface area contributed by atoms with Gasteiger partial charge in [-0.05, 0) is 61.2 Å². The first-order valence-electron chi connectivity index (χ1n) is 9.46. The number of tetrazole rings is 1. The van der Waals surface area contributed by atoms with Gasteiger partial charge in [0.2, 0.25) is 0 Å². The first-order chi connectivity index (χ1) is 14.2. The van der Waals surface area contributed by atoms with Crippen LogP contribution in [0.1, 0.15) is 43.0 Å². The minimum absolute atomic E-state index is 0.141. The largest absolute Gasteiger partial charge is 0.488 e. The highest BCUT2D eigenvalue weighted by atomic mass is 16.5. The third-order valence-corrected chi connectivity index (χ3v) is 4.72. The number of ether oxygens (including phenoxy) is 2. The van der Waals surface area contributed by atoms with Crippen LogP contribution < -0.4 is 10.3 Å². The molecule has 0 saturated heterocycles. The fourth-order valence-corrected chi connectivity index (χ4v) is 3.30. The number of benzene rings is 1. The van der Waals surface area contributed by atoms with Crippen molar-refractivity contribution in [2.45, 2.75) is 38.7 Å². The maximum absolute atomic E-state index is 12.3. The highest BCUT2D eigenvalue weighted by Gasteiger charge is 2.20. The standard InChI is InChI=1S/C19H20N6O4/c1-2-28-19(27)14-10-20-17(22-18(14)26)12-7-8-16(29-13-5-3-4-6-13)15(9-12)25-11-21-23-24-25/h7-11,13H,2-6H2,1H3,(H,20,22,26). The number of carbonyl (C=O) groups is 1. The Balaban J connectivity index is 1.69. The van der Waals surface area contributed by atoms with Crippen LogP contribution in [-0.2, 0) is 4.74 Å². The molecule has 1 aliphatic rings. The van der Waals surface area contributed by atoms with E-state index in [1.807, 2.05) is 6.07 Å². The van der Waals surface area contributed by atoms with E-state index >= 15 is 0 Å². The number of hydrogen-bond donors (Lipinski definition) is 1. The molecule has 0 radical (unpaired) electrons. The van der Waals surface area contributed by atoms with Crippen LogP contribution >= 0.6 is 0 Å². The molecule has 0 amide bonds. The summed E-state index contributed by atoms with van der Waals surface area (Å²) in [5.41, 5.74) is 0.555. The lowest BCUT2D eigenvalue weighted by molar-refractivity contribution is 0.0523. The number of nitrogens with one attached hydrogen (secondary N) is 1. The number of carbonyl (C=O) groups excluding carboxylic acids is 1. The maximum Gasteiger partial charge on any atom is 0.345 e. The molecule has 3 aromatic rings. The highest BCUT2D eigenvalue weighted by Crippen LogP contribution is 2.31. The lowest BCUT2D eigenvalue weighted by Gasteiger charge is -2.17. The van der Waals surface area contributed by atoms with Crippen molar-refractivity contribution in [1.82, 2.24) is 30.2 Å². The van der Waals surface area contributed by atoms with Gasteiger partial charge in [-0.2, -0.15) is 4.68 Å². The monoisotopic (exact) mass is 396 g/mol. The quantitative estimate of drug-likeness (QED) is 0.627. The summed E-state index contributed by atoms with van der Waals surface area (Å²) in [7, 11) is 0. The number of H-pyrrole nitrogens is 1. The Morgan fingerprint density at radius 1 is 1.31 bits per heavy atom. The van der Waals surface area contributed by atoms with Gasteiger partial charge in [-0.3, -0.25) is 4.79 Å². The molecule has 4 rings (SSSR count). The van der Waals surface area contributed by atoms with E-state index in [9.17, 15) is 9.59 Å². The van der Waals surface area contributed by atoms with Crippen LogP contribution in [0.15, 0.2) is 35.5 Å². The summed E-state index contributed by atoms with van der Waals surface area (Å²) >= 11 is 0. The molecule has 2 aromatic heterocycles. The van der Waals surface area contributed by atoms with E-state index in [0.29, 0.717) is 22.8 Å². The van der Waals surface area contributed by atoms with Crippen LogP contribution in [0.2, 0.25) is 0 Å². The Bertz CT molecular complexity index is 1060. The normalized spacial score (nSPS) is 14.1. The van der Waals surface area contributed by atoms with Crippen molar-refractivity contribution in [2.75, 3.05) is 6.61 Å². The average Bonchev–Trinajstić information content (AvgIpc) is 3.42. The van der Waals surface area contributed by atoms with Gasteiger partial charge in [-0.1, -0.05) is 0 Å². The van der Waals surface area contributed by atoms with E-state index in [4.69, 9.17) is 9.47 Å². The van der Waals surface area contributed by atoms with E-state index in [0.717, 1.165) is 25.7 Å². The molecule has 150 valence electrons. The molecule has 1 N–H and O–H groups in total. The maximum atomic E-state index is 12.3. The second-order valence-corrected chi connectivity index (χ2v) is 6.66. The number of hydrogen-bond acceptors (Lipinski definition) is 8. The zero-order valence-corrected chi connectivity index (χ0v) is 15.9. The highest BCUT2D eigenvalue weighted by molar-refractivity contribution is 5.88. The van der Waals surface area contributed by atoms with Crippen molar-refractivity contribution in [3.8, 4) is 22.8 Å². The van der Waals surface area contributed by atoms with Crippen LogP contribution in [0.5, 0.6) is 5.75 Å². The second kappa shape index (κ2) is 8.21. The molecule has 29 heavy (non-hydrogen) atoms. The SMILES string of the molecule is CCOC(=O)c1cnc(-c2ccc(OC3CCCC3)c(-n3cnnn3)c2)[nH]c1=O. The van der Waals surface area contributed by atoms with Gasteiger partial charge in [0.1, 0.15) is 29.2 Å². The van der Waals surface area contributed by atoms with Crippen LogP contribution in [0.3, 0.4) is 0 Å². The van der Waals surface area contributed by atoms with Crippen molar-refractivity contribution in [3.63, 3.8) is 0 Å². The minimum Gasteiger partial charge on any atom is -0.488 e. The molecular weight excluding hydrogens is 376 g/mol. The van der Waals surface area contributed by atoms with Gasteiger partial charge in [0.15, 0.2) is 0 Å². The molecule has 0 atom stereocenters. The summed E-state index contributed by atoms with van der Waals surface area (Å²) in [4.78, 5) is 30.9. The Labute approximate surface area is 165 Å². The van der Waals surface area contributed by atoms with E-state index in [-0.39, 0.29) is 18.3 Å². The van der Waals surface area contributed by atoms with Crippen molar-refractivity contribution in [2.24, 2.45) is 0 Å². The number of nitrogens with zero attached hydrogens (tertiary/aromatic N) is 5. The van der Waals surface area contributed by atoms with Crippen LogP contribution in [-0.4, -0.2) is 48.9 Å². The van der Waals surface area contributed by atoms with Crippen LogP contribution in [0, 0.1) is 0 Å². The molecule has 1 aromatic carbocycles. The minimum atomic E-state index is -0.706. The lowest BCUT2D eigenvalue weighted by atomic mass is 10.1. The molecule has 0 unspecified atom stereocenters. The third kappa shape index (κ3) is 4.00. The molecule has 10 nitrogen and oxygen atoms in total. The van der Waals surface area contributed by atoms with Gasteiger partial charge in [-0.25, -0.2) is 9.78 Å². The smallest absolute Gasteiger partial charge is 0.345 e. The van der Waals surface area contributed by atoms with Crippen molar-refractivity contribution >= 4 is 5.97 Å². The molecule has 0 aliphatic heterocycles. The Morgan fingerprint density at radius 2 is 2.14 bits per heavy atom. The van der Waals surface area contributed by atoms with E-state index in [2.05, 4.69) is 25.5 Å². The number of aromatic nitrogens is 6. The third-order valence-electron chi connectivity index (χ3n) is 4.72. The summed E-state index contributed by atoms with van der Waals surface area (Å²) in [5, 5.41) is 11.3. The molecule has 1 fully saturated rings. The fraction of sp³-hybridized carbons (Fsp3) is 0.368. The average molecular weight is 396 g/mol. The molecule has 1 saturated carbocycles. The molecular formula is C19H20N6O4. The second-order valence-electron chi connectivity index (χ2n) is 6.66. The molecule has 2 heterocycles. The predicted octanol–water partition coefficient (Wildman–Crippen LogP) is 1.91. The van der Waals surface area contributed by atoms with E-state index in [1.165, 1.54) is 17.2 Å². The summed E-state index contributed by atoms with van der Waals surface area (Å²) in [5.74, 6) is 0.255. The summed E-state index contributed by atoms with van der Waals surface area (Å²) < 4.78 is 12.5. The summed E-state index contributed by atoms with van der Waals surface area (Å²) in [6.07, 6.45) is 7.19. The van der Waals surface area contributed by atoms with Crippen molar-refractivity contribution in [1.29, 1.82) is 0 Å². The Morgan fingerprint density at radius 3 is 2.83 bits per heavy atom. The molecule has 1 aliphatic carbocycles. The van der Waals surface area contributed by atoms with Gasteiger partial charge < -0.3 is 14.5 Å². The lowest BCUT2D eigenvalue weighted by Crippen LogP contribution is -2.21. The van der Waals surface area contributed by atoms with Crippen LogP contribution in [0.25, 0.3) is 17.1 Å². The van der Waals surface area contributed by atoms with Gasteiger partial charge in [0.05, 0.1) is 12.7 Å². The Hall–Kier alpha value is -3.56. The number of rotatable bonds is 6. The molecule has 0 bridgehead atoms. The first-order valence-corrected chi connectivity index (χ1v) is 9.46. The molecule has 0 spiro atoms. The van der Waals surface area contributed by atoms with Crippen LogP contribution in [0.4, 0.5) is 0 Å². The van der Waals surface area contributed by atoms with Gasteiger partial charge >= 0.3 is 5.97 Å². The summed E-state index contributed by atoms with van der Waals surface area (Å²) in [6, 6.07) is 5.38. The predicted molar refractivity (Wildman–Crippen MR) is 102 cm³/mol.